The number of hydrogen-bond acceptors (Lipinski definition) is 8. The lowest BCUT2D eigenvalue weighted by atomic mass is 10.1. The van der Waals surface area contributed by atoms with Gasteiger partial charge in [-0.15, -0.1) is 0 Å². The Morgan fingerprint density at radius 3 is 1.92 bits per heavy atom. The fraction of sp³-hybridized carbons (Fsp3) is 0.714. The van der Waals surface area contributed by atoms with Crippen molar-refractivity contribution in [2.45, 2.75) is 148 Å². The zero-order valence-corrected chi connectivity index (χ0v) is 34.7. The van der Waals surface area contributed by atoms with E-state index in [0.29, 0.717) is 30.3 Å². The third-order valence-corrected chi connectivity index (χ3v) is 9.12. The monoisotopic (exact) mass is 769 g/mol. The van der Waals surface area contributed by atoms with Crippen LogP contribution in [-0.4, -0.2) is 86.1 Å². The van der Waals surface area contributed by atoms with E-state index in [2.05, 4.69) is 19.1 Å². The molecule has 0 fully saturated rings. The first-order valence-electron chi connectivity index (χ1n) is 20.1. The number of nitrogens with zero attached hydrogens (tertiary/aromatic N) is 1. The smallest absolute Gasteiger partial charge is 0.462 e. The van der Waals surface area contributed by atoms with Gasteiger partial charge in [0.25, 0.3) is 0 Å². The van der Waals surface area contributed by atoms with E-state index in [1.54, 1.807) is 0 Å². The zero-order chi connectivity index (χ0) is 39.5. The molecule has 2 unspecified atom stereocenters. The van der Waals surface area contributed by atoms with Gasteiger partial charge in [0.05, 0.1) is 33.9 Å². The highest BCUT2D eigenvalue weighted by molar-refractivity contribution is 7.47. The van der Waals surface area contributed by atoms with Crippen molar-refractivity contribution >= 4 is 19.8 Å². The molecule has 0 saturated carbocycles. The van der Waals surface area contributed by atoms with Crippen molar-refractivity contribution in [2.24, 2.45) is 0 Å². The van der Waals surface area contributed by atoms with Gasteiger partial charge in [0, 0.05) is 12.8 Å². The van der Waals surface area contributed by atoms with Gasteiger partial charge < -0.3 is 24.0 Å². The number of esters is 2. The number of carbonyl (C=O) groups excluding carboxylic acids is 2. The lowest BCUT2D eigenvalue weighted by molar-refractivity contribution is -0.870. The first-order chi connectivity index (χ1) is 25.4. The predicted octanol–water partition coefficient (Wildman–Crippen LogP) is 9.87. The van der Waals surface area contributed by atoms with Gasteiger partial charge >= 0.3 is 19.8 Å². The fourth-order valence-electron chi connectivity index (χ4n) is 4.95. The van der Waals surface area contributed by atoms with E-state index in [1.807, 2.05) is 76.7 Å². The van der Waals surface area contributed by atoms with E-state index in [9.17, 15) is 24.2 Å². The number of phosphoric acid groups is 1. The number of allylic oxidation sites excluding steroid dienone is 8. The Morgan fingerprint density at radius 1 is 0.698 bits per heavy atom. The Balaban J connectivity index is 4.56. The molecule has 0 radical (unpaired) electrons. The number of unbranched alkanes of at least 4 members (excludes halogenated alkanes) is 11. The normalized spacial score (nSPS) is 14.9. The SMILES string of the molecule is CC/C=C\C(O)C/C=C/C=C\C/C=C\C/C=C\CCCC(=O)O[C@H](COC(=O)CCCCCCCCCCCCC)COP(=O)(O)OCC[N+](C)(C)C. The number of hydrogen-bond donors (Lipinski definition) is 2. The molecule has 0 aromatic rings. The van der Waals surface area contributed by atoms with Gasteiger partial charge in [0.15, 0.2) is 6.10 Å². The topological polar surface area (TPSA) is 129 Å². The van der Waals surface area contributed by atoms with Crippen LogP contribution < -0.4 is 0 Å². The second-order valence-electron chi connectivity index (χ2n) is 14.5. The number of likely N-dealkylation sites (N-methyl/N-ethyl adjacent to an activating group) is 1. The summed E-state index contributed by atoms with van der Waals surface area (Å²) in [4.78, 5) is 35.2. The van der Waals surface area contributed by atoms with Crippen molar-refractivity contribution in [1.82, 2.24) is 0 Å². The second-order valence-corrected chi connectivity index (χ2v) is 15.9. The minimum absolute atomic E-state index is 0.0116. The lowest BCUT2D eigenvalue weighted by Gasteiger charge is -2.24. The molecule has 0 heterocycles. The molecule has 10 nitrogen and oxygen atoms in total. The molecule has 53 heavy (non-hydrogen) atoms. The quantitative estimate of drug-likeness (QED) is 0.0162. The number of ether oxygens (including phenoxy) is 2. The van der Waals surface area contributed by atoms with E-state index < -0.39 is 38.6 Å². The fourth-order valence-corrected chi connectivity index (χ4v) is 5.69. The van der Waals surface area contributed by atoms with Gasteiger partial charge in [-0.1, -0.05) is 139 Å². The summed E-state index contributed by atoms with van der Waals surface area (Å²) in [5.74, 6) is -0.896. The van der Waals surface area contributed by atoms with Crippen molar-refractivity contribution in [3.05, 3.63) is 60.8 Å². The van der Waals surface area contributed by atoms with Gasteiger partial charge in [-0.3, -0.25) is 18.6 Å². The second kappa shape index (κ2) is 34.2. The number of aliphatic hydroxyl groups excluding tert-OH is 1. The van der Waals surface area contributed by atoms with Crippen LogP contribution in [0.25, 0.3) is 0 Å². The summed E-state index contributed by atoms with van der Waals surface area (Å²) in [7, 11) is 1.40. The van der Waals surface area contributed by atoms with Gasteiger partial charge in [-0.25, -0.2) is 4.57 Å². The largest absolute Gasteiger partial charge is 0.472 e. The van der Waals surface area contributed by atoms with Crippen LogP contribution >= 0.6 is 7.82 Å². The first-order valence-corrected chi connectivity index (χ1v) is 21.6. The molecule has 306 valence electrons. The van der Waals surface area contributed by atoms with Gasteiger partial charge in [-0.05, 0) is 44.9 Å². The molecule has 0 saturated heterocycles. The highest BCUT2D eigenvalue weighted by Crippen LogP contribution is 2.43. The number of carbonyl (C=O) groups is 2. The van der Waals surface area contributed by atoms with Crippen LogP contribution in [0, 0.1) is 0 Å². The number of rotatable bonds is 35. The van der Waals surface area contributed by atoms with Crippen LogP contribution in [0.2, 0.25) is 0 Å². The summed E-state index contributed by atoms with van der Waals surface area (Å²) in [6, 6.07) is 0. The number of quaternary nitrogens is 1. The number of aliphatic hydroxyl groups is 1. The summed E-state index contributed by atoms with van der Waals surface area (Å²) < 4.78 is 34.1. The molecule has 0 aliphatic rings. The van der Waals surface area contributed by atoms with Gasteiger partial charge in [0.2, 0.25) is 0 Å². The van der Waals surface area contributed by atoms with Crippen LogP contribution in [0.4, 0.5) is 0 Å². The van der Waals surface area contributed by atoms with E-state index in [0.717, 1.165) is 38.5 Å². The summed E-state index contributed by atoms with van der Waals surface area (Å²) >= 11 is 0. The Labute approximate surface area is 322 Å². The molecular weight excluding hydrogens is 693 g/mol. The van der Waals surface area contributed by atoms with E-state index >= 15 is 0 Å². The third-order valence-electron chi connectivity index (χ3n) is 8.14. The Hall–Kier alpha value is -2.33. The van der Waals surface area contributed by atoms with Crippen LogP contribution in [-0.2, 0) is 32.7 Å². The molecule has 0 aliphatic carbocycles. The average Bonchev–Trinajstić information content (AvgIpc) is 3.10. The van der Waals surface area contributed by atoms with Crippen molar-refractivity contribution in [2.75, 3.05) is 47.5 Å². The summed E-state index contributed by atoms with van der Waals surface area (Å²) in [6.07, 6.45) is 36.2. The molecule has 2 N–H and O–H groups in total. The van der Waals surface area contributed by atoms with Crippen LogP contribution in [0.1, 0.15) is 136 Å². The van der Waals surface area contributed by atoms with E-state index in [-0.39, 0.29) is 26.1 Å². The molecule has 3 atom stereocenters. The van der Waals surface area contributed by atoms with E-state index in [4.69, 9.17) is 18.5 Å². The standard InChI is InChI=1S/C42H74NO9P/c1-6-8-10-11-12-13-16-20-23-26-29-33-41(45)49-37-40(38-51-53(47,48)50-36-35-43(3,4)5)52-42(46)34-30-27-24-21-18-15-14-17-19-22-25-28-32-39(44)31-9-7-2/h9,14-15,19,21-22,24-25,28,31,39-40,44H,6-8,10-13,16-18,20,23,26-27,29-30,32-38H2,1-5H3/p+1/b15-14-,22-19-,24-21-,28-25+,31-9-/t39?,40-/m1/s1. The Bertz CT molecular complexity index is 1110. The van der Waals surface area contributed by atoms with Crippen molar-refractivity contribution < 1.29 is 47.2 Å². The van der Waals surface area contributed by atoms with Crippen LogP contribution in [0.3, 0.4) is 0 Å². The molecule has 0 aromatic carbocycles. The Morgan fingerprint density at radius 2 is 1.28 bits per heavy atom. The molecule has 0 spiro atoms. The molecule has 0 rings (SSSR count). The summed E-state index contributed by atoms with van der Waals surface area (Å²) in [5.41, 5.74) is 0. The molecule has 0 bridgehead atoms. The highest BCUT2D eigenvalue weighted by atomic mass is 31.2. The van der Waals surface area contributed by atoms with Crippen molar-refractivity contribution in [3.63, 3.8) is 0 Å². The average molecular weight is 769 g/mol. The summed E-state index contributed by atoms with van der Waals surface area (Å²) in [5, 5.41) is 9.76. The number of phosphoric ester groups is 1. The lowest BCUT2D eigenvalue weighted by Crippen LogP contribution is -2.37. The summed E-state index contributed by atoms with van der Waals surface area (Å²) in [6.45, 7) is 4.07. The minimum atomic E-state index is -4.40. The highest BCUT2D eigenvalue weighted by Gasteiger charge is 2.27. The zero-order valence-electron chi connectivity index (χ0n) is 33.8. The molecule has 11 heteroatoms. The third kappa shape index (κ3) is 37.8. The van der Waals surface area contributed by atoms with Crippen molar-refractivity contribution in [1.29, 1.82) is 0 Å². The first kappa shape index (κ1) is 50.7. The van der Waals surface area contributed by atoms with Crippen LogP contribution in [0.15, 0.2) is 60.8 Å². The van der Waals surface area contributed by atoms with E-state index in [1.165, 1.54) is 51.4 Å². The molecule has 0 aromatic heterocycles. The predicted molar refractivity (Wildman–Crippen MR) is 216 cm³/mol. The maximum absolute atomic E-state index is 12.6. The van der Waals surface area contributed by atoms with Gasteiger partial charge in [0.1, 0.15) is 19.8 Å². The minimum Gasteiger partial charge on any atom is -0.462 e. The maximum atomic E-state index is 12.6. The Kier molecular flexibility index (Phi) is 32.7. The van der Waals surface area contributed by atoms with Crippen molar-refractivity contribution in [3.8, 4) is 0 Å². The molecular formula is C42H75NO9P+. The molecule has 0 aliphatic heterocycles. The van der Waals surface area contributed by atoms with Gasteiger partial charge in [-0.2, -0.15) is 0 Å². The maximum Gasteiger partial charge on any atom is 0.472 e. The van der Waals surface area contributed by atoms with Crippen LogP contribution in [0.5, 0.6) is 0 Å². The molecule has 0 amide bonds.